The second-order valence-electron chi connectivity index (χ2n) is 5.61. The fourth-order valence-electron chi connectivity index (χ4n) is 2.89. The molecule has 10 heteroatoms. The Morgan fingerprint density at radius 3 is 2.92 bits per heavy atom. The first kappa shape index (κ1) is 18.0. The maximum Gasteiger partial charge on any atom is 0.262 e. The molecule has 0 bridgehead atoms. The second-order valence-corrected chi connectivity index (χ2v) is 9.38. The Bertz CT molecular complexity index is 895. The number of hydrogen-bond acceptors (Lipinski definition) is 6. The number of ether oxygens (including phenoxy) is 1. The number of sulfone groups is 1. The van der Waals surface area contributed by atoms with Gasteiger partial charge in [-0.25, -0.2) is 8.42 Å². The van der Waals surface area contributed by atoms with Crippen molar-refractivity contribution < 1.29 is 17.9 Å². The molecule has 0 saturated carbocycles. The lowest BCUT2D eigenvalue weighted by atomic mass is 10.2. The molecular weight excluding hydrogens is 386 g/mol. The molecule has 3 rings (SSSR count). The van der Waals surface area contributed by atoms with E-state index in [0.717, 1.165) is 0 Å². The Morgan fingerprint density at radius 1 is 1.52 bits per heavy atom. The summed E-state index contributed by atoms with van der Waals surface area (Å²) in [4.78, 5) is 17.5. The van der Waals surface area contributed by atoms with Gasteiger partial charge in [-0.2, -0.15) is 10.3 Å². The van der Waals surface area contributed by atoms with Crippen LogP contribution in [0.15, 0.2) is 23.2 Å². The fourth-order valence-corrected chi connectivity index (χ4v) is 7.07. The molecule has 2 aliphatic heterocycles. The highest BCUT2D eigenvalue weighted by molar-refractivity contribution is 8.16. The summed E-state index contributed by atoms with van der Waals surface area (Å²) in [6, 6.07) is 6.50. The summed E-state index contributed by atoms with van der Waals surface area (Å²) in [6.07, 6.45) is -0.325. The molecule has 2 heterocycles. The van der Waals surface area contributed by atoms with E-state index in [-0.39, 0.29) is 29.2 Å². The van der Waals surface area contributed by atoms with Gasteiger partial charge in [0.05, 0.1) is 35.7 Å². The van der Waals surface area contributed by atoms with Gasteiger partial charge in [0.1, 0.15) is 12.2 Å². The third-order valence-electron chi connectivity index (χ3n) is 3.93. The number of anilines is 1. The molecule has 2 atom stereocenters. The van der Waals surface area contributed by atoms with Gasteiger partial charge in [0, 0.05) is 10.9 Å². The number of aliphatic imine (C=N–C) groups is 1. The average Bonchev–Trinajstić information content (AvgIpc) is 2.98. The van der Waals surface area contributed by atoms with Crippen LogP contribution in [0.4, 0.5) is 5.69 Å². The first-order valence-corrected chi connectivity index (χ1v) is 10.4. The van der Waals surface area contributed by atoms with Crippen molar-refractivity contribution in [3.05, 3.63) is 23.2 Å². The monoisotopic (exact) mass is 399 g/mol. The van der Waals surface area contributed by atoms with Crippen molar-refractivity contribution in [1.29, 1.82) is 5.26 Å². The number of amides is 1. The van der Waals surface area contributed by atoms with Gasteiger partial charge in [0.15, 0.2) is 15.0 Å². The molecule has 7 nitrogen and oxygen atoms in total. The first-order valence-electron chi connectivity index (χ1n) is 7.33. The number of nitriles is 1. The van der Waals surface area contributed by atoms with Crippen LogP contribution in [0.2, 0.25) is 5.02 Å². The Hall–Kier alpha value is -1.76. The molecular formula is C15H14ClN3O4S2. The van der Waals surface area contributed by atoms with Gasteiger partial charge < -0.3 is 9.64 Å². The van der Waals surface area contributed by atoms with Crippen molar-refractivity contribution in [3.8, 4) is 11.8 Å². The van der Waals surface area contributed by atoms with E-state index < -0.39 is 15.7 Å². The fraction of sp³-hybridized carbons (Fsp3) is 0.400. The lowest BCUT2D eigenvalue weighted by Crippen LogP contribution is -2.37. The number of carbonyl (C=O) groups excluding carboxylic acids is 1. The van der Waals surface area contributed by atoms with E-state index in [1.54, 1.807) is 29.2 Å². The standard InChI is InChI=1S/C15H14ClN3O4S2/c1-23-12-3-2-9(6-10(12)16)19-11-7-25(21,22)8-13(11)24-15(19)18-14(20)4-5-17/h2-3,6,11,13H,4,7-8H2,1H3/t11-,13-/m0/s1. The number of methoxy groups -OCH3 is 1. The van der Waals surface area contributed by atoms with Crippen molar-refractivity contribution in [2.45, 2.75) is 17.7 Å². The molecule has 0 aliphatic carbocycles. The minimum Gasteiger partial charge on any atom is -0.495 e. The zero-order chi connectivity index (χ0) is 18.2. The van der Waals surface area contributed by atoms with Crippen LogP contribution < -0.4 is 9.64 Å². The smallest absolute Gasteiger partial charge is 0.262 e. The van der Waals surface area contributed by atoms with E-state index in [2.05, 4.69) is 4.99 Å². The number of fused-ring (bicyclic) bond motifs is 1. The number of halogens is 1. The molecule has 2 aliphatic rings. The van der Waals surface area contributed by atoms with Crippen molar-refractivity contribution in [2.75, 3.05) is 23.5 Å². The van der Waals surface area contributed by atoms with Crippen LogP contribution in [0.5, 0.6) is 5.75 Å². The minimum atomic E-state index is -3.14. The number of hydrogen-bond donors (Lipinski definition) is 0. The molecule has 2 saturated heterocycles. The summed E-state index contributed by atoms with van der Waals surface area (Å²) >= 11 is 7.43. The third kappa shape index (κ3) is 3.61. The van der Waals surface area contributed by atoms with Gasteiger partial charge >= 0.3 is 0 Å². The van der Waals surface area contributed by atoms with Crippen LogP contribution >= 0.6 is 23.4 Å². The highest BCUT2D eigenvalue weighted by Crippen LogP contribution is 2.42. The molecule has 1 amide bonds. The maximum atomic E-state index is 12.0. The van der Waals surface area contributed by atoms with Gasteiger partial charge in [0.25, 0.3) is 5.91 Å². The molecule has 0 radical (unpaired) electrons. The van der Waals surface area contributed by atoms with Crippen molar-refractivity contribution in [2.24, 2.45) is 4.99 Å². The number of benzene rings is 1. The number of thioether (sulfide) groups is 1. The number of carbonyl (C=O) groups is 1. The van der Waals surface area contributed by atoms with E-state index in [4.69, 9.17) is 21.6 Å². The Morgan fingerprint density at radius 2 is 2.28 bits per heavy atom. The Kier molecular flexibility index (Phi) is 4.95. The van der Waals surface area contributed by atoms with Crippen LogP contribution in [0.25, 0.3) is 0 Å². The molecule has 1 aromatic carbocycles. The number of nitrogens with zero attached hydrogens (tertiary/aromatic N) is 3. The first-order chi connectivity index (χ1) is 11.8. The Balaban J connectivity index is 2.02. The predicted octanol–water partition coefficient (Wildman–Crippen LogP) is 1.86. The molecule has 1 aromatic rings. The van der Waals surface area contributed by atoms with Crippen molar-refractivity contribution in [1.82, 2.24) is 0 Å². The van der Waals surface area contributed by atoms with E-state index in [1.165, 1.54) is 18.9 Å². The zero-order valence-corrected chi connectivity index (χ0v) is 15.6. The summed E-state index contributed by atoms with van der Waals surface area (Å²) < 4.78 is 29.1. The molecule has 0 unspecified atom stereocenters. The van der Waals surface area contributed by atoms with Gasteiger partial charge in [-0.15, -0.1) is 0 Å². The summed E-state index contributed by atoms with van der Waals surface area (Å²) in [7, 11) is -1.64. The van der Waals surface area contributed by atoms with E-state index in [9.17, 15) is 13.2 Å². The zero-order valence-electron chi connectivity index (χ0n) is 13.2. The van der Waals surface area contributed by atoms with Crippen LogP contribution in [0.1, 0.15) is 6.42 Å². The molecule has 0 spiro atoms. The second kappa shape index (κ2) is 6.86. The van der Waals surface area contributed by atoms with Crippen LogP contribution in [0.3, 0.4) is 0 Å². The number of amidine groups is 1. The van der Waals surface area contributed by atoms with Crippen LogP contribution in [0, 0.1) is 11.3 Å². The van der Waals surface area contributed by atoms with E-state index in [1.807, 2.05) is 0 Å². The average molecular weight is 400 g/mol. The van der Waals surface area contributed by atoms with E-state index >= 15 is 0 Å². The van der Waals surface area contributed by atoms with Gasteiger partial charge in [-0.3, -0.25) is 4.79 Å². The minimum absolute atomic E-state index is 0.0141. The highest BCUT2D eigenvalue weighted by Gasteiger charge is 2.49. The Labute approximate surface area is 154 Å². The predicted molar refractivity (Wildman–Crippen MR) is 97.0 cm³/mol. The van der Waals surface area contributed by atoms with E-state index in [0.29, 0.717) is 21.6 Å². The summed E-state index contributed by atoms with van der Waals surface area (Å²) in [5.74, 6) is -0.0436. The summed E-state index contributed by atoms with van der Waals surface area (Å²) in [5.41, 5.74) is 0.631. The van der Waals surface area contributed by atoms with Gasteiger partial charge in [-0.1, -0.05) is 23.4 Å². The normalized spacial score (nSPS) is 25.6. The molecule has 2 fully saturated rings. The largest absolute Gasteiger partial charge is 0.495 e. The van der Waals surface area contributed by atoms with Crippen molar-refractivity contribution >= 4 is 50.0 Å². The lowest BCUT2D eigenvalue weighted by molar-refractivity contribution is -0.116. The van der Waals surface area contributed by atoms with Gasteiger partial charge in [0.2, 0.25) is 0 Å². The SMILES string of the molecule is COc1ccc(N2C(=NC(=O)CC#N)S[C@H]3CS(=O)(=O)C[C@@H]32)cc1Cl. The highest BCUT2D eigenvalue weighted by atomic mass is 35.5. The summed E-state index contributed by atoms with van der Waals surface area (Å²) in [6.45, 7) is 0. The third-order valence-corrected chi connectivity index (χ3v) is 7.44. The lowest BCUT2D eigenvalue weighted by Gasteiger charge is -2.25. The van der Waals surface area contributed by atoms with Crippen molar-refractivity contribution in [3.63, 3.8) is 0 Å². The van der Waals surface area contributed by atoms with Crippen LogP contribution in [-0.2, 0) is 14.6 Å². The quantitative estimate of drug-likeness (QED) is 0.764. The summed E-state index contributed by atoms with van der Waals surface area (Å²) in [5, 5.41) is 9.20. The topological polar surface area (TPSA) is 99.8 Å². The number of rotatable bonds is 3. The molecule has 132 valence electrons. The van der Waals surface area contributed by atoms with Crippen LogP contribution in [-0.4, -0.2) is 49.4 Å². The van der Waals surface area contributed by atoms with Gasteiger partial charge in [-0.05, 0) is 18.2 Å². The maximum absolute atomic E-state index is 12.0. The molecule has 25 heavy (non-hydrogen) atoms. The molecule has 0 N–H and O–H groups in total. The molecule has 0 aromatic heterocycles.